The summed E-state index contributed by atoms with van der Waals surface area (Å²) in [6.45, 7) is 9.03. The smallest absolute Gasteiger partial charge is 0.414 e. The monoisotopic (exact) mass is 317 g/mol. The van der Waals surface area contributed by atoms with Gasteiger partial charge < -0.3 is 9.47 Å². The van der Waals surface area contributed by atoms with Gasteiger partial charge in [-0.1, -0.05) is 12.1 Å². The molecule has 0 bridgehead atoms. The Morgan fingerprint density at radius 1 is 1.22 bits per heavy atom. The van der Waals surface area contributed by atoms with Crippen molar-refractivity contribution in [2.24, 2.45) is 0 Å². The van der Waals surface area contributed by atoms with Crippen molar-refractivity contribution >= 4 is 12.2 Å². The number of carbonyl (C=O) groups excluding carboxylic acids is 1. The second kappa shape index (κ2) is 7.53. The largest absolute Gasteiger partial charge is 0.494 e. The van der Waals surface area contributed by atoms with Crippen molar-refractivity contribution in [3.8, 4) is 5.75 Å². The molecule has 1 fully saturated rings. The highest BCUT2D eigenvalue weighted by molar-refractivity contribution is 5.73. The molecule has 1 aliphatic heterocycles. The number of amides is 1. The Hall–Kier alpha value is -1.97. The van der Waals surface area contributed by atoms with Gasteiger partial charge in [-0.15, -0.1) is 0 Å². The van der Waals surface area contributed by atoms with Gasteiger partial charge in [0.1, 0.15) is 11.4 Å². The minimum Gasteiger partial charge on any atom is -0.494 e. The van der Waals surface area contributed by atoms with Gasteiger partial charge in [-0.2, -0.15) is 0 Å². The Morgan fingerprint density at radius 2 is 1.91 bits per heavy atom. The first-order valence-corrected chi connectivity index (χ1v) is 8.33. The molecule has 4 nitrogen and oxygen atoms in total. The first kappa shape index (κ1) is 17.4. The lowest BCUT2D eigenvalue weighted by molar-refractivity contribution is 0.0289. The van der Waals surface area contributed by atoms with Crippen LogP contribution in [0.3, 0.4) is 0 Å². The number of likely N-dealkylation sites (tertiary alicyclic amines) is 1. The zero-order valence-corrected chi connectivity index (χ0v) is 14.6. The van der Waals surface area contributed by atoms with Crippen molar-refractivity contribution in [1.82, 2.24) is 4.90 Å². The number of hydrogen-bond acceptors (Lipinski definition) is 3. The molecule has 0 aromatic heterocycles. The Bertz CT molecular complexity index is 555. The van der Waals surface area contributed by atoms with Gasteiger partial charge >= 0.3 is 6.09 Å². The molecule has 4 heteroatoms. The maximum absolute atomic E-state index is 12.4. The lowest BCUT2D eigenvalue weighted by atomic mass is 10.0. The van der Waals surface area contributed by atoms with Crippen LogP contribution in [0.1, 0.15) is 52.5 Å². The third-order valence-corrected chi connectivity index (χ3v) is 3.55. The van der Waals surface area contributed by atoms with Gasteiger partial charge in [0.05, 0.1) is 6.61 Å². The van der Waals surface area contributed by atoms with E-state index >= 15 is 0 Å². The molecular formula is C19H27NO3. The Labute approximate surface area is 139 Å². The predicted octanol–water partition coefficient (Wildman–Crippen LogP) is 4.85. The molecule has 0 unspecified atom stereocenters. The van der Waals surface area contributed by atoms with Crippen LogP contribution in [0.2, 0.25) is 0 Å². The second-order valence-corrected chi connectivity index (χ2v) is 6.73. The van der Waals surface area contributed by atoms with Crippen LogP contribution >= 0.6 is 0 Å². The number of carbonyl (C=O) groups is 1. The second-order valence-electron chi connectivity index (χ2n) is 6.73. The van der Waals surface area contributed by atoms with Gasteiger partial charge in [-0.25, -0.2) is 4.79 Å². The molecule has 0 radical (unpaired) electrons. The molecule has 23 heavy (non-hydrogen) atoms. The lowest BCUT2D eigenvalue weighted by Gasteiger charge is -2.32. The number of rotatable bonds is 3. The van der Waals surface area contributed by atoms with Gasteiger partial charge in [0.15, 0.2) is 0 Å². The normalized spacial score (nSPS) is 17.2. The number of benzene rings is 1. The number of nitrogens with zero attached hydrogens (tertiary/aromatic N) is 1. The van der Waals surface area contributed by atoms with Gasteiger partial charge in [0.25, 0.3) is 0 Å². The summed E-state index contributed by atoms with van der Waals surface area (Å²) < 4.78 is 11.0. The van der Waals surface area contributed by atoms with E-state index in [1.54, 1.807) is 4.90 Å². The predicted molar refractivity (Wildman–Crippen MR) is 92.4 cm³/mol. The maximum Gasteiger partial charge on any atom is 0.414 e. The zero-order valence-electron chi connectivity index (χ0n) is 14.6. The maximum atomic E-state index is 12.4. The number of hydrogen-bond donors (Lipinski definition) is 0. The van der Waals surface area contributed by atoms with Crippen molar-refractivity contribution in [2.45, 2.75) is 52.6 Å². The zero-order chi connectivity index (χ0) is 16.9. The fraction of sp³-hybridized carbons (Fsp3) is 0.526. The third-order valence-electron chi connectivity index (χ3n) is 3.55. The van der Waals surface area contributed by atoms with E-state index in [1.807, 2.05) is 52.0 Å². The van der Waals surface area contributed by atoms with Crippen molar-refractivity contribution in [3.05, 3.63) is 35.5 Å². The van der Waals surface area contributed by atoms with E-state index in [0.717, 1.165) is 42.8 Å². The molecule has 2 rings (SSSR count). The molecule has 0 aliphatic carbocycles. The molecule has 1 amide bonds. The molecule has 0 N–H and O–H groups in total. The molecular weight excluding hydrogens is 290 g/mol. The first-order chi connectivity index (χ1) is 10.9. The molecule has 0 saturated carbocycles. The van der Waals surface area contributed by atoms with Crippen LogP contribution in [0.25, 0.3) is 6.08 Å². The summed E-state index contributed by atoms with van der Waals surface area (Å²) in [6, 6.07) is 7.94. The molecule has 0 atom stereocenters. The first-order valence-electron chi connectivity index (χ1n) is 8.33. The fourth-order valence-electron chi connectivity index (χ4n) is 2.55. The van der Waals surface area contributed by atoms with Gasteiger partial charge in [-0.05, 0) is 70.7 Å². The van der Waals surface area contributed by atoms with E-state index in [0.29, 0.717) is 6.61 Å². The van der Waals surface area contributed by atoms with Crippen molar-refractivity contribution in [1.29, 1.82) is 0 Å². The van der Waals surface area contributed by atoms with Gasteiger partial charge in [-0.3, -0.25) is 4.90 Å². The quantitative estimate of drug-likeness (QED) is 0.800. The van der Waals surface area contributed by atoms with Crippen LogP contribution in [-0.2, 0) is 4.74 Å². The summed E-state index contributed by atoms with van der Waals surface area (Å²) in [5, 5.41) is 0. The summed E-state index contributed by atoms with van der Waals surface area (Å²) >= 11 is 0. The van der Waals surface area contributed by atoms with Crippen LogP contribution in [0.5, 0.6) is 5.75 Å². The summed E-state index contributed by atoms with van der Waals surface area (Å²) in [5.41, 5.74) is 1.62. The van der Waals surface area contributed by atoms with Crippen LogP contribution in [0, 0.1) is 0 Å². The summed E-state index contributed by atoms with van der Waals surface area (Å²) in [6.07, 6.45) is 4.82. The van der Waals surface area contributed by atoms with Crippen LogP contribution < -0.4 is 4.74 Å². The summed E-state index contributed by atoms with van der Waals surface area (Å²) in [7, 11) is 0. The Kier molecular flexibility index (Phi) is 5.69. The minimum absolute atomic E-state index is 0.255. The van der Waals surface area contributed by atoms with E-state index in [4.69, 9.17) is 9.47 Å². The lowest BCUT2D eigenvalue weighted by Crippen LogP contribution is -2.38. The van der Waals surface area contributed by atoms with E-state index in [-0.39, 0.29) is 6.09 Å². The van der Waals surface area contributed by atoms with E-state index < -0.39 is 5.60 Å². The van der Waals surface area contributed by atoms with Crippen LogP contribution in [0.4, 0.5) is 4.79 Å². The standard InChI is InChI=1S/C19H27NO3/c1-5-22-17-11-9-15(10-12-17)14-16-8-6-7-13-20(16)18(21)23-19(2,3)4/h9-12,14H,5-8,13H2,1-4H3. The van der Waals surface area contributed by atoms with E-state index in [9.17, 15) is 4.79 Å². The van der Waals surface area contributed by atoms with Crippen LogP contribution in [0.15, 0.2) is 30.0 Å². The average Bonchev–Trinajstić information content (AvgIpc) is 2.48. The van der Waals surface area contributed by atoms with Crippen LogP contribution in [-0.4, -0.2) is 29.7 Å². The highest BCUT2D eigenvalue weighted by Gasteiger charge is 2.26. The van der Waals surface area contributed by atoms with Gasteiger partial charge in [0, 0.05) is 12.2 Å². The van der Waals surface area contributed by atoms with Crippen molar-refractivity contribution in [2.75, 3.05) is 13.2 Å². The third kappa shape index (κ3) is 5.31. The SMILES string of the molecule is CCOc1ccc(C=C2CCCCN2C(=O)OC(C)(C)C)cc1. The molecule has 1 aromatic rings. The molecule has 1 heterocycles. The minimum atomic E-state index is -0.473. The summed E-state index contributed by atoms with van der Waals surface area (Å²) in [5.74, 6) is 0.863. The highest BCUT2D eigenvalue weighted by Crippen LogP contribution is 2.25. The molecule has 1 aromatic carbocycles. The molecule has 1 aliphatic rings. The number of ether oxygens (including phenoxy) is 2. The van der Waals surface area contributed by atoms with Crippen molar-refractivity contribution in [3.63, 3.8) is 0 Å². The van der Waals surface area contributed by atoms with Gasteiger partial charge in [0.2, 0.25) is 0 Å². The average molecular weight is 317 g/mol. The topological polar surface area (TPSA) is 38.8 Å². The fourth-order valence-corrected chi connectivity index (χ4v) is 2.55. The highest BCUT2D eigenvalue weighted by atomic mass is 16.6. The number of piperidine rings is 1. The van der Waals surface area contributed by atoms with E-state index in [1.165, 1.54) is 0 Å². The summed E-state index contributed by atoms with van der Waals surface area (Å²) in [4.78, 5) is 14.2. The van der Waals surface area contributed by atoms with E-state index in [2.05, 4.69) is 6.08 Å². The molecule has 0 spiro atoms. The molecule has 1 saturated heterocycles. The van der Waals surface area contributed by atoms with Crippen molar-refractivity contribution < 1.29 is 14.3 Å². The number of allylic oxidation sites excluding steroid dienone is 1. The molecule has 126 valence electrons. The Balaban J connectivity index is 2.15. The Morgan fingerprint density at radius 3 is 2.52 bits per heavy atom.